The summed E-state index contributed by atoms with van der Waals surface area (Å²) in [6.07, 6.45) is 1.89. The van der Waals surface area contributed by atoms with E-state index < -0.39 is 17.4 Å². The fourth-order valence-corrected chi connectivity index (χ4v) is 4.87. The maximum Gasteiger partial charge on any atom is 0.326 e. The topological polar surface area (TPSA) is 66.4 Å². The summed E-state index contributed by atoms with van der Waals surface area (Å²) < 4.78 is 0. The van der Waals surface area contributed by atoms with Crippen LogP contribution >= 0.6 is 0 Å². The lowest BCUT2D eigenvalue weighted by Gasteiger charge is -2.36. The predicted molar refractivity (Wildman–Crippen MR) is 143 cm³/mol. The highest BCUT2D eigenvalue weighted by atomic mass is 16.4. The summed E-state index contributed by atoms with van der Waals surface area (Å²) in [6, 6.07) is 38.9. The number of nitrogens with one attached hydrogen (secondary N) is 1. The standard InChI is InChI=1S/C32H31NO3/c34-30(33-29(31(35)36)23-13-16-25-14-5-1-6-15-25)24-32(26-17-7-2-8-18-26,27-19-9-3-10-20-27)28-21-11-4-12-22-28/h1-12,14-15,17-22,29H,13,16,23-24H2,(H,33,34)(H,35,36)/t29-/m0/s1. The quantitative estimate of drug-likeness (QED) is 0.260. The molecule has 0 unspecified atom stereocenters. The maximum atomic E-state index is 13.6. The Hall–Kier alpha value is -4.18. The molecule has 0 saturated carbocycles. The van der Waals surface area contributed by atoms with Crippen molar-refractivity contribution in [1.82, 2.24) is 5.32 Å². The average molecular weight is 478 g/mol. The first-order valence-electron chi connectivity index (χ1n) is 12.3. The Morgan fingerprint density at radius 3 is 1.50 bits per heavy atom. The molecule has 4 nitrogen and oxygen atoms in total. The second-order valence-corrected chi connectivity index (χ2v) is 9.02. The predicted octanol–water partition coefficient (Wildman–Crippen LogP) is 6.00. The molecule has 4 aromatic carbocycles. The molecule has 4 rings (SSSR count). The van der Waals surface area contributed by atoms with E-state index in [1.807, 2.05) is 121 Å². The summed E-state index contributed by atoms with van der Waals surface area (Å²) >= 11 is 0. The molecule has 0 heterocycles. The zero-order valence-corrected chi connectivity index (χ0v) is 20.2. The van der Waals surface area contributed by atoms with Crippen LogP contribution in [-0.2, 0) is 21.4 Å². The molecule has 2 N–H and O–H groups in total. The van der Waals surface area contributed by atoms with Crippen LogP contribution in [-0.4, -0.2) is 23.0 Å². The number of aryl methyl sites for hydroxylation is 1. The van der Waals surface area contributed by atoms with Gasteiger partial charge >= 0.3 is 5.97 Å². The van der Waals surface area contributed by atoms with Gasteiger partial charge in [0.05, 0.1) is 5.41 Å². The van der Waals surface area contributed by atoms with Gasteiger partial charge in [-0.05, 0) is 41.5 Å². The van der Waals surface area contributed by atoms with Crippen LogP contribution in [0.25, 0.3) is 0 Å². The van der Waals surface area contributed by atoms with E-state index in [2.05, 4.69) is 5.32 Å². The molecular formula is C32H31NO3. The molecule has 0 saturated heterocycles. The lowest BCUT2D eigenvalue weighted by atomic mass is 9.67. The van der Waals surface area contributed by atoms with E-state index in [-0.39, 0.29) is 12.3 Å². The monoisotopic (exact) mass is 477 g/mol. The molecule has 0 aromatic heterocycles. The highest BCUT2D eigenvalue weighted by Crippen LogP contribution is 2.42. The van der Waals surface area contributed by atoms with Gasteiger partial charge in [0.1, 0.15) is 6.04 Å². The summed E-state index contributed by atoms with van der Waals surface area (Å²) in [5.74, 6) is -1.31. The van der Waals surface area contributed by atoms with Crippen LogP contribution in [0.5, 0.6) is 0 Å². The van der Waals surface area contributed by atoms with Gasteiger partial charge in [-0.1, -0.05) is 121 Å². The highest BCUT2D eigenvalue weighted by Gasteiger charge is 2.39. The second-order valence-electron chi connectivity index (χ2n) is 9.02. The summed E-state index contributed by atoms with van der Waals surface area (Å²) in [5.41, 5.74) is 3.33. The first-order valence-corrected chi connectivity index (χ1v) is 12.3. The van der Waals surface area contributed by atoms with Crippen molar-refractivity contribution in [3.05, 3.63) is 144 Å². The zero-order chi connectivity index (χ0) is 25.2. The van der Waals surface area contributed by atoms with Crippen molar-refractivity contribution in [1.29, 1.82) is 0 Å². The SMILES string of the molecule is O=C(CC(c1ccccc1)(c1ccccc1)c1ccccc1)N[C@@H](CCCc1ccccc1)C(=O)O. The molecule has 1 atom stereocenters. The van der Waals surface area contributed by atoms with Crippen molar-refractivity contribution in [2.45, 2.75) is 37.1 Å². The summed E-state index contributed by atoms with van der Waals surface area (Å²) in [4.78, 5) is 25.6. The summed E-state index contributed by atoms with van der Waals surface area (Å²) in [7, 11) is 0. The van der Waals surface area contributed by atoms with E-state index in [9.17, 15) is 14.7 Å². The van der Waals surface area contributed by atoms with E-state index in [0.717, 1.165) is 28.7 Å². The first-order chi connectivity index (χ1) is 17.6. The molecule has 0 radical (unpaired) electrons. The van der Waals surface area contributed by atoms with Crippen molar-refractivity contribution in [3.8, 4) is 0 Å². The second kappa shape index (κ2) is 12.0. The van der Waals surface area contributed by atoms with Crippen molar-refractivity contribution in [2.24, 2.45) is 0 Å². The van der Waals surface area contributed by atoms with Crippen molar-refractivity contribution in [2.75, 3.05) is 0 Å². The van der Waals surface area contributed by atoms with Crippen LogP contribution in [0.3, 0.4) is 0 Å². The molecular weight excluding hydrogens is 446 g/mol. The Morgan fingerprint density at radius 1 is 0.667 bits per heavy atom. The minimum Gasteiger partial charge on any atom is -0.480 e. The van der Waals surface area contributed by atoms with Crippen LogP contribution < -0.4 is 5.32 Å². The number of carboxylic acid groups (broad SMARTS) is 1. The Morgan fingerprint density at radius 2 is 1.08 bits per heavy atom. The Bertz CT molecular complexity index is 1150. The minimum atomic E-state index is -1.01. The molecule has 0 spiro atoms. The maximum absolute atomic E-state index is 13.6. The molecule has 0 aliphatic rings. The smallest absolute Gasteiger partial charge is 0.326 e. The average Bonchev–Trinajstić information content (AvgIpc) is 2.93. The van der Waals surface area contributed by atoms with Crippen LogP contribution in [0.15, 0.2) is 121 Å². The van der Waals surface area contributed by atoms with Crippen LogP contribution in [0.4, 0.5) is 0 Å². The van der Waals surface area contributed by atoms with Gasteiger partial charge in [0, 0.05) is 6.42 Å². The number of hydrogen-bond donors (Lipinski definition) is 2. The zero-order valence-electron chi connectivity index (χ0n) is 20.2. The van der Waals surface area contributed by atoms with Gasteiger partial charge in [-0.3, -0.25) is 4.79 Å². The summed E-state index contributed by atoms with van der Waals surface area (Å²) in [5, 5.41) is 12.7. The lowest BCUT2D eigenvalue weighted by Crippen LogP contribution is -2.44. The molecule has 182 valence electrons. The fraction of sp³-hybridized carbons (Fsp3) is 0.188. The number of rotatable bonds is 11. The summed E-state index contributed by atoms with van der Waals surface area (Å²) in [6.45, 7) is 0. The normalized spacial score (nSPS) is 12.0. The van der Waals surface area contributed by atoms with Gasteiger partial charge in [-0.2, -0.15) is 0 Å². The van der Waals surface area contributed by atoms with Gasteiger partial charge in [-0.25, -0.2) is 4.79 Å². The Kier molecular flexibility index (Phi) is 8.30. The third-order valence-corrected chi connectivity index (χ3v) is 6.66. The molecule has 0 aliphatic carbocycles. The van der Waals surface area contributed by atoms with Crippen LogP contribution in [0.2, 0.25) is 0 Å². The third-order valence-electron chi connectivity index (χ3n) is 6.66. The largest absolute Gasteiger partial charge is 0.480 e. The molecule has 0 fully saturated rings. The number of hydrogen-bond acceptors (Lipinski definition) is 2. The third kappa shape index (κ3) is 5.89. The van der Waals surface area contributed by atoms with E-state index >= 15 is 0 Å². The molecule has 4 aromatic rings. The van der Waals surface area contributed by atoms with Crippen molar-refractivity contribution < 1.29 is 14.7 Å². The first kappa shape index (κ1) is 24.9. The number of benzene rings is 4. The van der Waals surface area contributed by atoms with Crippen molar-refractivity contribution in [3.63, 3.8) is 0 Å². The van der Waals surface area contributed by atoms with Gasteiger partial charge in [-0.15, -0.1) is 0 Å². The van der Waals surface area contributed by atoms with Crippen LogP contribution in [0, 0.1) is 0 Å². The van der Waals surface area contributed by atoms with E-state index in [1.54, 1.807) is 0 Å². The molecule has 1 amide bonds. The molecule has 4 heteroatoms. The Balaban J connectivity index is 1.62. The van der Waals surface area contributed by atoms with Gasteiger partial charge in [0.15, 0.2) is 0 Å². The minimum absolute atomic E-state index is 0.0908. The van der Waals surface area contributed by atoms with E-state index in [0.29, 0.717) is 12.8 Å². The number of aliphatic carboxylic acids is 1. The lowest BCUT2D eigenvalue weighted by molar-refractivity contribution is -0.142. The number of carboxylic acids is 1. The van der Waals surface area contributed by atoms with Crippen LogP contribution in [0.1, 0.15) is 41.5 Å². The molecule has 0 bridgehead atoms. The number of amides is 1. The fourth-order valence-electron chi connectivity index (χ4n) is 4.87. The Labute approximate surface area is 212 Å². The number of carbonyl (C=O) groups excluding carboxylic acids is 1. The van der Waals surface area contributed by atoms with Gasteiger partial charge < -0.3 is 10.4 Å². The van der Waals surface area contributed by atoms with Gasteiger partial charge in [0.2, 0.25) is 5.91 Å². The van der Waals surface area contributed by atoms with Crippen molar-refractivity contribution >= 4 is 11.9 Å². The highest BCUT2D eigenvalue weighted by molar-refractivity contribution is 5.85. The molecule has 36 heavy (non-hydrogen) atoms. The van der Waals surface area contributed by atoms with E-state index in [1.165, 1.54) is 0 Å². The van der Waals surface area contributed by atoms with E-state index in [4.69, 9.17) is 0 Å². The molecule has 0 aliphatic heterocycles. The van der Waals surface area contributed by atoms with Gasteiger partial charge in [0.25, 0.3) is 0 Å². The number of carbonyl (C=O) groups is 2.